The minimum absolute atomic E-state index is 0.113. The fourth-order valence-electron chi connectivity index (χ4n) is 5.56. The molecule has 0 aromatic heterocycles. The van der Waals surface area contributed by atoms with E-state index in [2.05, 4.69) is 21.5 Å². The molecule has 2 aliphatic rings. The van der Waals surface area contributed by atoms with Crippen LogP contribution in [0.1, 0.15) is 46.9 Å². The molecule has 4 aromatic carbocycles. The highest BCUT2D eigenvalue weighted by atomic mass is 16.2. The number of anilines is 4. The third-order valence-electron chi connectivity index (χ3n) is 8.03. The van der Waals surface area contributed by atoms with E-state index in [1.807, 2.05) is 111 Å². The van der Waals surface area contributed by atoms with Crippen LogP contribution < -0.4 is 31.5 Å². The van der Waals surface area contributed by atoms with Gasteiger partial charge in [0.05, 0.1) is 34.6 Å². The lowest BCUT2D eigenvalue weighted by Crippen LogP contribution is -2.35. The number of aryl methyl sites for hydroxylation is 2. The Morgan fingerprint density at radius 1 is 0.587 bits per heavy atom. The van der Waals surface area contributed by atoms with Crippen LogP contribution in [0.3, 0.4) is 0 Å². The summed E-state index contributed by atoms with van der Waals surface area (Å²) in [5, 5.41) is 8.25. The largest absolute Gasteiger partial charge is 0.359 e. The number of hydrogen-bond donors (Lipinski definition) is 4. The lowest BCUT2D eigenvalue weighted by atomic mass is 9.95. The zero-order valence-corrected chi connectivity index (χ0v) is 26.3. The van der Waals surface area contributed by atoms with Crippen molar-refractivity contribution in [2.24, 2.45) is 0 Å². The monoisotopic (exact) mass is 618 g/mol. The first-order chi connectivity index (χ1) is 22.2. The number of carbonyl (C=O) groups is 4. The molecule has 0 bridgehead atoms. The molecule has 0 fully saturated rings. The maximum atomic E-state index is 12.8. The van der Waals surface area contributed by atoms with Crippen LogP contribution in [0.25, 0.3) is 0 Å². The maximum Gasteiger partial charge on any atom is 0.253 e. The van der Waals surface area contributed by atoms with Crippen LogP contribution in [0.2, 0.25) is 0 Å². The van der Waals surface area contributed by atoms with E-state index in [9.17, 15) is 19.2 Å². The third-order valence-corrected chi connectivity index (χ3v) is 8.03. The van der Waals surface area contributed by atoms with Gasteiger partial charge in [-0.2, -0.15) is 0 Å². The summed E-state index contributed by atoms with van der Waals surface area (Å²) in [5.41, 5.74) is 13.5. The Kier molecular flexibility index (Phi) is 9.66. The predicted molar refractivity (Wildman–Crippen MR) is 180 cm³/mol. The Balaban J connectivity index is 0.000000181. The topological polar surface area (TPSA) is 123 Å². The molecule has 0 saturated heterocycles. The van der Waals surface area contributed by atoms with Crippen LogP contribution in [-0.4, -0.2) is 37.7 Å². The summed E-state index contributed by atoms with van der Waals surface area (Å²) in [7, 11) is 3.16. The molecule has 236 valence electrons. The Morgan fingerprint density at radius 2 is 1.07 bits per heavy atom. The molecule has 10 nitrogen and oxygen atoms in total. The van der Waals surface area contributed by atoms with Crippen LogP contribution >= 0.6 is 0 Å². The quantitative estimate of drug-likeness (QED) is 0.216. The van der Waals surface area contributed by atoms with E-state index in [1.165, 1.54) is 10.0 Å². The van der Waals surface area contributed by atoms with Crippen LogP contribution in [0, 0.1) is 13.8 Å². The molecule has 2 heterocycles. The Labute approximate surface area is 268 Å². The smallest absolute Gasteiger partial charge is 0.253 e. The molecule has 10 heteroatoms. The van der Waals surface area contributed by atoms with Crippen molar-refractivity contribution >= 4 is 46.4 Å². The van der Waals surface area contributed by atoms with Crippen molar-refractivity contribution < 1.29 is 19.2 Å². The van der Waals surface area contributed by atoms with E-state index in [4.69, 9.17) is 0 Å². The van der Waals surface area contributed by atoms with Gasteiger partial charge in [0.25, 0.3) is 11.8 Å². The van der Waals surface area contributed by atoms with Crippen molar-refractivity contribution in [3.05, 3.63) is 119 Å². The number of amides is 4. The third kappa shape index (κ3) is 6.86. The van der Waals surface area contributed by atoms with Crippen LogP contribution in [0.15, 0.2) is 97.1 Å². The number of fused-ring (bicyclic) bond motifs is 2. The summed E-state index contributed by atoms with van der Waals surface area (Å²) in [6.07, 6.45) is 0.303. The molecule has 4 aromatic rings. The summed E-state index contributed by atoms with van der Waals surface area (Å²) in [5.74, 6) is -1.42. The summed E-state index contributed by atoms with van der Waals surface area (Å²) in [4.78, 5) is 49.1. The van der Waals surface area contributed by atoms with Gasteiger partial charge >= 0.3 is 0 Å². The molecule has 4 amide bonds. The molecule has 0 aliphatic carbocycles. The van der Waals surface area contributed by atoms with Crippen LogP contribution in [0.5, 0.6) is 0 Å². The number of carbonyl (C=O) groups excluding carboxylic acids is 4. The molecule has 2 aliphatic heterocycles. The summed E-state index contributed by atoms with van der Waals surface area (Å²) >= 11 is 0. The van der Waals surface area contributed by atoms with Gasteiger partial charge in [0.2, 0.25) is 11.8 Å². The van der Waals surface area contributed by atoms with Gasteiger partial charge in [-0.25, -0.2) is 10.0 Å². The van der Waals surface area contributed by atoms with Gasteiger partial charge in [0.1, 0.15) is 0 Å². The molecule has 4 N–H and O–H groups in total. The second kappa shape index (κ2) is 14.0. The fraction of sp³-hybridized carbons (Fsp3) is 0.222. The van der Waals surface area contributed by atoms with E-state index in [0.717, 1.165) is 45.0 Å². The average Bonchev–Trinajstić information content (AvgIpc) is 3.47. The van der Waals surface area contributed by atoms with Gasteiger partial charge in [-0.1, -0.05) is 71.8 Å². The molecule has 2 atom stereocenters. The summed E-state index contributed by atoms with van der Waals surface area (Å²) < 4.78 is 0. The van der Waals surface area contributed by atoms with E-state index in [1.54, 1.807) is 14.1 Å². The second-order valence-electron chi connectivity index (χ2n) is 11.3. The lowest BCUT2D eigenvalue weighted by molar-refractivity contribution is -0.125. The van der Waals surface area contributed by atoms with Crippen molar-refractivity contribution in [2.45, 2.75) is 38.5 Å². The highest BCUT2D eigenvalue weighted by Gasteiger charge is 2.39. The first-order valence-electron chi connectivity index (χ1n) is 15.1. The van der Waals surface area contributed by atoms with Crippen molar-refractivity contribution in [3.63, 3.8) is 0 Å². The maximum absolute atomic E-state index is 12.8. The molecule has 46 heavy (non-hydrogen) atoms. The number of para-hydroxylation sites is 2. The number of benzene rings is 4. The van der Waals surface area contributed by atoms with Crippen molar-refractivity contribution in [3.8, 4) is 0 Å². The van der Waals surface area contributed by atoms with Crippen LogP contribution in [-0.2, 0) is 19.2 Å². The fourth-order valence-corrected chi connectivity index (χ4v) is 5.56. The van der Waals surface area contributed by atoms with Crippen LogP contribution in [0.4, 0.5) is 22.7 Å². The molecule has 6 rings (SSSR count). The van der Waals surface area contributed by atoms with Gasteiger partial charge < -0.3 is 10.6 Å². The van der Waals surface area contributed by atoms with E-state index < -0.39 is 11.8 Å². The normalized spacial score (nSPS) is 16.2. The zero-order valence-electron chi connectivity index (χ0n) is 26.3. The zero-order chi connectivity index (χ0) is 32.8. The van der Waals surface area contributed by atoms with Crippen molar-refractivity contribution in [1.82, 2.24) is 10.6 Å². The highest BCUT2D eigenvalue weighted by molar-refractivity contribution is 6.09. The Hall–Kier alpha value is -5.64. The first kappa shape index (κ1) is 31.8. The minimum Gasteiger partial charge on any atom is -0.359 e. The van der Waals surface area contributed by atoms with Gasteiger partial charge in [-0.3, -0.25) is 30.0 Å². The SMILES string of the molecule is CNC(=O)CC1C(=O)N(Nc2ccc(C)cc2)c2ccccc21.CNC(=O)CC1C(=O)N(Nc2ccccc2)c2ccc(C)cc21. The van der Waals surface area contributed by atoms with Gasteiger partial charge in [-0.15, -0.1) is 0 Å². The number of nitrogens with one attached hydrogen (secondary N) is 4. The van der Waals surface area contributed by atoms with Gasteiger partial charge in [-0.05, 0) is 61.4 Å². The Bertz CT molecular complexity index is 1740. The minimum atomic E-state index is -0.457. The van der Waals surface area contributed by atoms with E-state index in [-0.39, 0.29) is 36.5 Å². The number of hydrogen-bond acceptors (Lipinski definition) is 6. The highest BCUT2D eigenvalue weighted by Crippen LogP contribution is 2.40. The van der Waals surface area contributed by atoms with E-state index in [0.29, 0.717) is 0 Å². The Morgan fingerprint density at radius 3 is 1.65 bits per heavy atom. The van der Waals surface area contributed by atoms with Gasteiger partial charge in [0.15, 0.2) is 0 Å². The average molecular weight is 619 g/mol. The van der Waals surface area contributed by atoms with Gasteiger partial charge in [0, 0.05) is 26.9 Å². The lowest BCUT2D eigenvalue weighted by Gasteiger charge is -2.20. The molecule has 0 saturated carbocycles. The standard InChI is InChI=1S/2C18H19N3O2/c1-12-7-9-13(10-8-12)20-21-16-6-4-3-5-14(16)15(18(21)23)11-17(22)19-2;1-12-8-9-16-14(10-12)15(11-17(22)19-2)18(23)21(16)20-13-6-4-3-5-7-13/h2*3-10,15,20H,11H2,1-2H3,(H,19,22). The number of rotatable bonds is 8. The molecule has 0 radical (unpaired) electrons. The molecular formula is C36H38N6O4. The molecule has 0 spiro atoms. The van der Waals surface area contributed by atoms with Crippen molar-refractivity contribution in [1.29, 1.82) is 0 Å². The van der Waals surface area contributed by atoms with Crippen molar-refractivity contribution in [2.75, 3.05) is 35.0 Å². The predicted octanol–water partition coefficient (Wildman–Crippen LogP) is 5.18. The number of nitrogens with zero attached hydrogens (tertiary/aromatic N) is 2. The van der Waals surface area contributed by atoms with E-state index >= 15 is 0 Å². The molecule has 2 unspecified atom stereocenters. The number of hydrazine groups is 2. The summed E-state index contributed by atoms with van der Waals surface area (Å²) in [6.45, 7) is 3.99. The molecular weight excluding hydrogens is 580 g/mol. The first-order valence-corrected chi connectivity index (χ1v) is 15.1. The second-order valence-corrected chi connectivity index (χ2v) is 11.3. The summed E-state index contributed by atoms with van der Waals surface area (Å²) in [6, 6.07) is 30.8.